The molecule has 0 saturated heterocycles. The van der Waals surface area contributed by atoms with Gasteiger partial charge in [-0.15, -0.1) is 0 Å². The van der Waals surface area contributed by atoms with E-state index in [1.807, 2.05) is 24.3 Å². The number of ether oxygens (including phenoxy) is 1. The van der Waals surface area contributed by atoms with Crippen molar-refractivity contribution in [1.82, 2.24) is 9.80 Å². The average Bonchev–Trinajstić information content (AvgIpc) is 2.79. The number of benzene rings is 1. The van der Waals surface area contributed by atoms with Crippen molar-refractivity contribution < 1.29 is 35.9 Å². The van der Waals surface area contributed by atoms with Crippen molar-refractivity contribution in [3.05, 3.63) is 94.1 Å². The topological polar surface area (TPSA) is 32.8 Å². The number of hydrogen-bond donors (Lipinski definition) is 0. The maximum absolute atomic E-state index is 13.7. The minimum absolute atomic E-state index is 0.0829. The molecule has 0 aromatic heterocycles. The Kier molecular flexibility index (Phi) is 6.57. The van der Waals surface area contributed by atoms with E-state index in [2.05, 4.69) is 0 Å². The quantitative estimate of drug-likeness (QED) is 0.474. The first-order valence-corrected chi connectivity index (χ1v) is 10.9. The number of carbonyl (C=O) groups excluding carboxylic acids is 1. The van der Waals surface area contributed by atoms with Crippen LogP contribution in [0.5, 0.6) is 0 Å². The minimum atomic E-state index is -4.96. The molecule has 3 aliphatic rings. The Morgan fingerprint density at radius 2 is 1.66 bits per heavy atom. The van der Waals surface area contributed by atoms with Crippen LogP contribution < -0.4 is 0 Å². The number of allylic oxidation sites excluding steroid dienone is 6. The van der Waals surface area contributed by atoms with Crippen molar-refractivity contribution in [2.75, 3.05) is 20.2 Å². The van der Waals surface area contributed by atoms with E-state index in [0.29, 0.717) is 36.4 Å². The predicted molar refractivity (Wildman–Crippen MR) is 116 cm³/mol. The number of carbonyl (C=O) groups is 1. The van der Waals surface area contributed by atoms with E-state index in [4.69, 9.17) is 4.74 Å². The lowest BCUT2D eigenvalue weighted by Gasteiger charge is -2.33. The molecule has 1 aliphatic carbocycles. The van der Waals surface area contributed by atoms with Crippen LogP contribution in [0.4, 0.5) is 26.3 Å². The van der Waals surface area contributed by atoms with E-state index in [-0.39, 0.29) is 30.4 Å². The third-order valence-electron chi connectivity index (χ3n) is 5.83. The smallest absolute Gasteiger partial charge is 0.416 e. The molecule has 1 aromatic rings. The summed E-state index contributed by atoms with van der Waals surface area (Å²) in [5.41, 5.74) is -1.39. The van der Waals surface area contributed by atoms with E-state index in [0.717, 1.165) is 5.57 Å². The molecule has 0 fully saturated rings. The zero-order valence-electron chi connectivity index (χ0n) is 18.7. The third-order valence-corrected chi connectivity index (χ3v) is 5.83. The van der Waals surface area contributed by atoms with E-state index < -0.39 is 35.9 Å². The van der Waals surface area contributed by atoms with Gasteiger partial charge in [-0.05, 0) is 53.8 Å². The van der Waals surface area contributed by atoms with Crippen molar-refractivity contribution in [3.8, 4) is 0 Å². The number of alkyl halides is 6. The van der Waals surface area contributed by atoms with Crippen molar-refractivity contribution in [3.63, 3.8) is 0 Å². The Hall–Kier alpha value is -3.43. The summed E-state index contributed by atoms with van der Waals surface area (Å²) in [7, 11) is 1.70. The first-order valence-electron chi connectivity index (χ1n) is 10.9. The standard InChI is InChI=1S/C25H22F6N2O2/c1-32-10-8-20(17-6-3-2-4-7-17)21-22(34)33(9-5-11-35-23(21)32)15-16-12-18(24(26,27)28)14-19(13-16)25(29,30)31/h2-4,6,8,10,12-14H,5,7,9,11,15H2,1H3. The first-order chi connectivity index (χ1) is 16.4. The zero-order chi connectivity index (χ0) is 25.4. The van der Waals surface area contributed by atoms with Crippen LogP contribution in [-0.4, -0.2) is 35.9 Å². The monoisotopic (exact) mass is 496 g/mol. The van der Waals surface area contributed by atoms with Crippen LogP contribution in [0.15, 0.2) is 77.4 Å². The molecule has 186 valence electrons. The second kappa shape index (κ2) is 9.31. The van der Waals surface area contributed by atoms with E-state index in [9.17, 15) is 31.1 Å². The molecule has 4 rings (SSSR count). The van der Waals surface area contributed by atoms with E-state index in [1.165, 1.54) is 4.90 Å². The predicted octanol–water partition coefficient (Wildman–Crippen LogP) is 5.96. The molecule has 0 spiro atoms. The van der Waals surface area contributed by atoms with Gasteiger partial charge in [-0.3, -0.25) is 4.79 Å². The van der Waals surface area contributed by atoms with Gasteiger partial charge in [0, 0.05) is 26.3 Å². The maximum atomic E-state index is 13.7. The van der Waals surface area contributed by atoms with Crippen molar-refractivity contribution in [2.45, 2.75) is 31.7 Å². The van der Waals surface area contributed by atoms with Crippen LogP contribution >= 0.6 is 0 Å². The van der Waals surface area contributed by atoms with Gasteiger partial charge in [0.2, 0.25) is 5.88 Å². The molecule has 0 atom stereocenters. The molecule has 0 saturated carbocycles. The summed E-state index contributed by atoms with van der Waals surface area (Å²) in [4.78, 5) is 16.6. The van der Waals surface area contributed by atoms with Gasteiger partial charge in [0.25, 0.3) is 5.91 Å². The minimum Gasteiger partial charge on any atom is -0.478 e. The number of amides is 1. The SMILES string of the molecule is CN1C=CC(=C2C=CC=CC2)C2=C1OCCCN(Cc1cc(C(F)(F)F)cc(C(F)(F)F)c1)C2=O. The summed E-state index contributed by atoms with van der Waals surface area (Å²) < 4.78 is 85.8. The maximum Gasteiger partial charge on any atom is 0.416 e. The van der Waals surface area contributed by atoms with Crippen LogP contribution in [0.25, 0.3) is 0 Å². The third kappa shape index (κ3) is 5.31. The van der Waals surface area contributed by atoms with Crippen LogP contribution in [0.2, 0.25) is 0 Å². The number of nitrogens with zero attached hydrogens (tertiary/aromatic N) is 2. The van der Waals surface area contributed by atoms with Crippen molar-refractivity contribution in [2.24, 2.45) is 0 Å². The fraction of sp³-hybridized carbons (Fsp3) is 0.320. The Labute approximate surface area is 198 Å². The Balaban J connectivity index is 1.75. The fourth-order valence-corrected chi connectivity index (χ4v) is 4.16. The van der Waals surface area contributed by atoms with Gasteiger partial charge in [-0.2, -0.15) is 26.3 Å². The average molecular weight is 496 g/mol. The normalized spacial score (nSPS) is 21.2. The summed E-state index contributed by atoms with van der Waals surface area (Å²) in [6.07, 6.45) is 1.96. The van der Waals surface area contributed by atoms with Crippen molar-refractivity contribution in [1.29, 1.82) is 0 Å². The summed E-state index contributed by atoms with van der Waals surface area (Å²) in [6.45, 7) is -0.0665. The van der Waals surface area contributed by atoms with Crippen LogP contribution in [0, 0.1) is 0 Å². The molecule has 2 aliphatic heterocycles. The molecule has 1 aromatic carbocycles. The highest BCUT2D eigenvalue weighted by atomic mass is 19.4. The Morgan fingerprint density at radius 3 is 2.26 bits per heavy atom. The second-order valence-corrected chi connectivity index (χ2v) is 8.38. The molecule has 2 heterocycles. The first kappa shape index (κ1) is 24.7. The highest BCUT2D eigenvalue weighted by Crippen LogP contribution is 2.37. The molecular weight excluding hydrogens is 474 g/mol. The van der Waals surface area contributed by atoms with Gasteiger partial charge in [-0.25, -0.2) is 0 Å². The van der Waals surface area contributed by atoms with Crippen LogP contribution in [-0.2, 0) is 28.4 Å². The Bertz CT molecular complexity index is 1140. The number of halogens is 6. The highest BCUT2D eigenvalue weighted by Gasteiger charge is 2.38. The number of rotatable bonds is 2. The fourth-order valence-electron chi connectivity index (χ4n) is 4.16. The summed E-state index contributed by atoms with van der Waals surface area (Å²) >= 11 is 0. The van der Waals surface area contributed by atoms with Crippen LogP contribution in [0.3, 0.4) is 0 Å². The van der Waals surface area contributed by atoms with E-state index in [1.54, 1.807) is 24.2 Å². The summed E-state index contributed by atoms with van der Waals surface area (Å²) in [5, 5.41) is 0. The van der Waals surface area contributed by atoms with Crippen LogP contribution in [0.1, 0.15) is 29.5 Å². The van der Waals surface area contributed by atoms with Gasteiger partial charge in [0.05, 0.1) is 17.7 Å². The molecule has 0 radical (unpaired) electrons. The van der Waals surface area contributed by atoms with Gasteiger partial charge in [-0.1, -0.05) is 24.3 Å². The second-order valence-electron chi connectivity index (χ2n) is 8.38. The number of hydrogen-bond acceptors (Lipinski definition) is 3. The molecule has 10 heteroatoms. The molecule has 35 heavy (non-hydrogen) atoms. The van der Waals surface area contributed by atoms with Gasteiger partial charge in [0.1, 0.15) is 5.57 Å². The summed E-state index contributed by atoms with van der Waals surface area (Å²) in [5.74, 6) is -0.222. The van der Waals surface area contributed by atoms with E-state index >= 15 is 0 Å². The van der Waals surface area contributed by atoms with Gasteiger partial charge in [0.15, 0.2) is 0 Å². The summed E-state index contributed by atoms with van der Waals surface area (Å²) in [6, 6.07) is 1.40. The molecule has 0 unspecified atom stereocenters. The molecule has 0 N–H and O–H groups in total. The van der Waals surface area contributed by atoms with Gasteiger partial charge < -0.3 is 14.5 Å². The van der Waals surface area contributed by atoms with Gasteiger partial charge >= 0.3 is 12.4 Å². The zero-order valence-corrected chi connectivity index (χ0v) is 18.7. The molecule has 0 bridgehead atoms. The Morgan fingerprint density at radius 1 is 0.971 bits per heavy atom. The van der Waals surface area contributed by atoms with Crippen molar-refractivity contribution >= 4 is 5.91 Å². The lowest BCUT2D eigenvalue weighted by molar-refractivity contribution is -0.143. The largest absolute Gasteiger partial charge is 0.478 e. The molecular formula is C25H22F6N2O2. The lowest BCUT2D eigenvalue weighted by atomic mass is 9.92. The molecule has 4 nitrogen and oxygen atoms in total. The lowest BCUT2D eigenvalue weighted by Crippen LogP contribution is -2.38. The molecule has 1 amide bonds. The highest BCUT2D eigenvalue weighted by molar-refractivity contribution is 6.00.